The van der Waals surface area contributed by atoms with Gasteiger partial charge in [0.15, 0.2) is 5.65 Å². The first-order valence-electron chi connectivity index (χ1n) is 3.66. The molecule has 15 heavy (non-hydrogen) atoms. The molecule has 0 aromatic carbocycles. The van der Waals surface area contributed by atoms with Crippen LogP contribution < -0.4 is 0 Å². The van der Waals surface area contributed by atoms with E-state index in [0.29, 0.717) is 6.20 Å². The third-order valence-corrected chi connectivity index (χ3v) is 2.17. The predicted molar refractivity (Wildman–Crippen MR) is 48.0 cm³/mol. The van der Waals surface area contributed by atoms with E-state index in [9.17, 15) is 13.2 Å². The Hall–Kier alpha value is -1.01. The van der Waals surface area contributed by atoms with E-state index in [-0.39, 0.29) is 10.3 Å². The molecule has 2 aromatic rings. The van der Waals surface area contributed by atoms with E-state index in [0.717, 1.165) is 4.52 Å². The second-order valence-electron chi connectivity index (χ2n) is 2.69. The Kier molecular flexibility index (Phi) is 2.27. The molecule has 2 heterocycles. The molecule has 0 unspecified atom stereocenters. The quantitative estimate of drug-likeness (QED) is 0.678. The molecule has 80 valence electrons. The molecule has 0 fully saturated rings. The van der Waals surface area contributed by atoms with E-state index < -0.39 is 17.4 Å². The van der Waals surface area contributed by atoms with Gasteiger partial charge in [0, 0.05) is 6.07 Å². The smallest absolute Gasteiger partial charge is 0.216 e. The van der Waals surface area contributed by atoms with Crippen molar-refractivity contribution in [3.05, 3.63) is 28.1 Å². The molecule has 0 spiro atoms. The van der Waals surface area contributed by atoms with Crippen LogP contribution in [0.25, 0.3) is 5.65 Å². The fourth-order valence-electron chi connectivity index (χ4n) is 1.10. The van der Waals surface area contributed by atoms with Gasteiger partial charge in [0.05, 0.1) is 6.20 Å². The zero-order valence-corrected chi connectivity index (χ0v) is 8.40. The van der Waals surface area contributed by atoms with Crippen LogP contribution in [0, 0.1) is 0 Å². The molecule has 3 nitrogen and oxygen atoms in total. The Morgan fingerprint density at radius 1 is 1.27 bits per heavy atom. The lowest BCUT2D eigenvalue weighted by Gasteiger charge is -2.03. The first-order valence-corrected chi connectivity index (χ1v) is 4.42. The Morgan fingerprint density at radius 3 is 2.53 bits per heavy atom. The van der Waals surface area contributed by atoms with Crippen LogP contribution in [-0.2, 0) is 6.18 Å². The SMILES string of the molecule is FC(F)(F)c1cnn2c(Cl)cc(Cl)nc12. The minimum atomic E-state index is -4.53. The first-order chi connectivity index (χ1) is 6.89. The van der Waals surface area contributed by atoms with Crippen LogP contribution in [0.15, 0.2) is 12.3 Å². The van der Waals surface area contributed by atoms with Crippen molar-refractivity contribution < 1.29 is 13.2 Å². The number of aromatic nitrogens is 3. The van der Waals surface area contributed by atoms with Gasteiger partial charge in [-0.05, 0) is 0 Å². The summed E-state index contributed by atoms with van der Waals surface area (Å²) in [5, 5.41) is 3.33. The van der Waals surface area contributed by atoms with Gasteiger partial charge in [0.2, 0.25) is 0 Å². The zero-order valence-electron chi connectivity index (χ0n) is 6.89. The molecule has 8 heteroatoms. The fourth-order valence-corrected chi connectivity index (χ4v) is 1.57. The first kappa shape index (κ1) is 10.5. The second-order valence-corrected chi connectivity index (χ2v) is 3.47. The van der Waals surface area contributed by atoms with E-state index in [1.807, 2.05) is 0 Å². The lowest BCUT2D eigenvalue weighted by atomic mass is 10.3. The van der Waals surface area contributed by atoms with Crippen LogP contribution in [0.1, 0.15) is 5.56 Å². The molecule has 0 aliphatic carbocycles. The number of fused-ring (bicyclic) bond motifs is 1. The van der Waals surface area contributed by atoms with Gasteiger partial charge >= 0.3 is 6.18 Å². The van der Waals surface area contributed by atoms with Gasteiger partial charge in [-0.1, -0.05) is 23.2 Å². The van der Waals surface area contributed by atoms with E-state index in [4.69, 9.17) is 23.2 Å². The monoisotopic (exact) mass is 255 g/mol. The number of hydrogen-bond acceptors (Lipinski definition) is 2. The lowest BCUT2D eigenvalue weighted by Crippen LogP contribution is -2.05. The van der Waals surface area contributed by atoms with Crippen LogP contribution in [0.5, 0.6) is 0 Å². The summed E-state index contributed by atoms with van der Waals surface area (Å²) in [7, 11) is 0. The van der Waals surface area contributed by atoms with Crippen LogP contribution in [-0.4, -0.2) is 14.6 Å². The minimum absolute atomic E-state index is 0.0273. The molecule has 0 radical (unpaired) electrons. The molecule has 2 rings (SSSR count). The normalized spacial score (nSPS) is 12.3. The standard InChI is InChI=1S/C7H2Cl2F3N3/c8-4-1-5(9)15-6(14-4)3(2-13-15)7(10,11)12/h1-2H. The van der Waals surface area contributed by atoms with Crippen molar-refractivity contribution in [2.24, 2.45) is 0 Å². The average molecular weight is 256 g/mol. The van der Waals surface area contributed by atoms with Gasteiger partial charge in [0.1, 0.15) is 15.9 Å². The molecular formula is C7H2Cl2F3N3. The van der Waals surface area contributed by atoms with E-state index in [1.165, 1.54) is 6.07 Å². The highest BCUT2D eigenvalue weighted by molar-refractivity contribution is 6.33. The average Bonchev–Trinajstić information content (AvgIpc) is 2.45. The number of alkyl halides is 3. The highest BCUT2D eigenvalue weighted by atomic mass is 35.5. The van der Waals surface area contributed by atoms with E-state index in [2.05, 4.69) is 10.1 Å². The summed E-state index contributed by atoms with van der Waals surface area (Å²) < 4.78 is 38.2. The van der Waals surface area contributed by atoms with Crippen LogP contribution in [0.3, 0.4) is 0 Å². The molecule has 0 amide bonds. The van der Waals surface area contributed by atoms with Crippen molar-refractivity contribution in [1.29, 1.82) is 0 Å². The highest BCUT2D eigenvalue weighted by Crippen LogP contribution is 2.32. The van der Waals surface area contributed by atoms with Gasteiger partial charge < -0.3 is 0 Å². The predicted octanol–water partition coefficient (Wildman–Crippen LogP) is 3.05. The number of halogens is 5. The lowest BCUT2D eigenvalue weighted by molar-refractivity contribution is -0.136. The largest absolute Gasteiger partial charge is 0.421 e. The van der Waals surface area contributed by atoms with E-state index in [1.54, 1.807) is 0 Å². The maximum atomic E-state index is 12.4. The Balaban J connectivity index is 2.80. The molecular weight excluding hydrogens is 254 g/mol. The van der Waals surface area contributed by atoms with E-state index >= 15 is 0 Å². The molecule has 0 atom stereocenters. The Bertz CT molecular complexity index is 520. The third-order valence-electron chi connectivity index (χ3n) is 1.70. The Morgan fingerprint density at radius 2 is 1.93 bits per heavy atom. The highest BCUT2D eigenvalue weighted by Gasteiger charge is 2.35. The molecule has 0 saturated heterocycles. The molecule has 0 N–H and O–H groups in total. The van der Waals surface area contributed by atoms with Gasteiger partial charge in [0.25, 0.3) is 0 Å². The number of rotatable bonds is 0. The van der Waals surface area contributed by atoms with Crippen molar-refractivity contribution in [3.8, 4) is 0 Å². The number of nitrogens with zero attached hydrogens (tertiary/aromatic N) is 3. The molecule has 0 aliphatic rings. The number of hydrogen-bond donors (Lipinski definition) is 0. The van der Waals surface area contributed by atoms with Gasteiger partial charge in [-0.15, -0.1) is 0 Å². The van der Waals surface area contributed by atoms with Crippen molar-refractivity contribution in [1.82, 2.24) is 14.6 Å². The maximum Gasteiger partial charge on any atom is 0.421 e. The molecule has 2 aromatic heterocycles. The maximum absolute atomic E-state index is 12.4. The summed E-state index contributed by atoms with van der Waals surface area (Å²) in [6.45, 7) is 0. The van der Waals surface area contributed by atoms with Gasteiger partial charge in [-0.25, -0.2) is 9.50 Å². The minimum Gasteiger partial charge on any atom is -0.216 e. The van der Waals surface area contributed by atoms with Crippen molar-refractivity contribution in [3.63, 3.8) is 0 Å². The summed E-state index contributed by atoms with van der Waals surface area (Å²) in [4.78, 5) is 3.52. The van der Waals surface area contributed by atoms with Crippen molar-refractivity contribution in [2.45, 2.75) is 6.18 Å². The van der Waals surface area contributed by atoms with Crippen LogP contribution in [0.4, 0.5) is 13.2 Å². The zero-order chi connectivity index (χ0) is 11.2. The third kappa shape index (κ3) is 1.74. The van der Waals surface area contributed by atoms with Crippen LogP contribution in [0.2, 0.25) is 10.3 Å². The van der Waals surface area contributed by atoms with Crippen LogP contribution >= 0.6 is 23.2 Å². The summed E-state index contributed by atoms with van der Waals surface area (Å²) in [6.07, 6.45) is -3.87. The summed E-state index contributed by atoms with van der Waals surface area (Å²) in [5.74, 6) is 0. The van der Waals surface area contributed by atoms with Crippen molar-refractivity contribution in [2.75, 3.05) is 0 Å². The van der Waals surface area contributed by atoms with Crippen molar-refractivity contribution >= 4 is 28.8 Å². The topological polar surface area (TPSA) is 30.2 Å². The molecule has 0 aliphatic heterocycles. The molecule has 0 bridgehead atoms. The van der Waals surface area contributed by atoms with Gasteiger partial charge in [-0.3, -0.25) is 0 Å². The summed E-state index contributed by atoms with van der Waals surface area (Å²) >= 11 is 11.1. The fraction of sp³-hybridized carbons (Fsp3) is 0.143. The second kappa shape index (κ2) is 3.24. The van der Waals surface area contributed by atoms with Gasteiger partial charge in [-0.2, -0.15) is 18.3 Å². The summed E-state index contributed by atoms with van der Waals surface area (Å²) in [6, 6.07) is 1.21. The Labute approximate surface area is 91.4 Å². The summed E-state index contributed by atoms with van der Waals surface area (Å²) in [5.41, 5.74) is -1.37. The molecule has 0 saturated carbocycles.